The molecule has 0 aromatic heterocycles. The summed E-state index contributed by atoms with van der Waals surface area (Å²) >= 11 is 0. The van der Waals surface area contributed by atoms with E-state index in [1.54, 1.807) is 4.90 Å². The molecule has 0 spiro atoms. The first kappa shape index (κ1) is 16.5. The van der Waals surface area contributed by atoms with Gasteiger partial charge in [0.15, 0.2) is 0 Å². The van der Waals surface area contributed by atoms with E-state index in [4.69, 9.17) is 4.74 Å². The van der Waals surface area contributed by atoms with Crippen LogP contribution in [0.2, 0.25) is 0 Å². The van der Waals surface area contributed by atoms with Gasteiger partial charge in [0.2, 0.25) is 0 Å². The van der Waals surface area contributed by atoms with Crippen LogP contribution < -0.4 is 0 Å². The van der Waals surface area contributed by atoms with Gasteiger partial charge in [0.1, 0.15) is 5.60 Å². The second kappa shape index (κ2) is 5.86. The number of ether oxygens (including phenoxy) is 1. The van der Waals surface area contributed by atoms with E-state index in [1.807, 2.05) is 33.8 Å². The van der Waals surface area contributed by atoms with Crippen LogP contribution in [0.5, 0.6) is 0 Å². The van der Waals surface area contributed by atoms with Crippen molar-refractivity contribution in [3.8, 4) is 0 Å². The Morgan fingerprint density at radius 2 is 1.80 bits per heavy atom. The number of likely N-dealkylation sites (tertiary alicyclic amines) is 1. The summed E-state index contributed by atoms with van der Waals surface area (Å²) in [6.45, 7) is 17.1. The molecule has 112 valence electrons. The number of carbonyl (C=O) groups is 1. The summed E-state index contributed by atoms with van der Waals surface area (Å²) in [5.74, 6) is 0. The molecule has 1 heterocycles. The number of allylic oxidation sites excluding steroid dienone is 4. The topological polar surface area (TPSA) is 29.5 Å². The smallest absolute Gasteiger partial charge is 0.410 e. The molecule has 3 nitrogen and oxygen atoms in total. The van der Waals surface area contributed by atoms with Crippen LogP contribution in [0.4, 0.5) is 4.79 Å². The van der Waals surface area contributed by atoms with Crippen molar-refractivity contribution < 1.29 is 9.53 Å². The van der Waals surface area contributed by atoms with Gasteiger partial charge in [0.05, 0.1) is 0 Å². The number of hydrogen-bond acceptors (Lipinski definition) is 2. The largest absolute Gasteiger partial charge is 0.444 e. The van der Waals surface area contributed by atoms with Crippen molar-refractivity contribution in [1.82, 2.24) is 4.90 Å². The van der Waals surface area contributed by atoms with E-state index < -0.39 is 5.60 Å². The summed E-state index contributed by atoms with van der Waals surface area (Å²) < 4.78 is 5.37. The summed E-state index contributed by atoms with van der Waals surface area (Å²) in [5.41, 5.74) is 2.03. The SMILES string of the molecule is C=CC(C)=CC=C(C)C1(C)CN(C(=O)OC(C)(C)C)C1. The Morgan fingerprint density at radius 1 is 1.25 bits per heavy atom. The Kier molecular flexibility index (Phi) is 4.85. The molecule has 0 bridgehead atoms. The molecular formula is C17H27NO2. The molecule has 3 heteroatoms. The Morgan fingerprint density at radius 3 is 2.25 bits per heavy atom. The van der Waals surface area contributed by atoms with Gasteiger partial charge < -0.3 is 9.64 Å². The molecule has 1 aliphatic rings. The fourth-order valence-corrected chi connectivity index (χ4v) is 2.03. The fourth-order valence-electron chi connectivity index (χ4n) is 2.03. The molecule has 0 atom stereocenters. The lowest BCUT2D eigenvalue weighted by Gasteiger charge is -2.48. The number of hydrogen-bond donors (Lipinski definition) is 0. The van der Waals surface area contributed by atoms with E-state index in [0.29, 0.717) is 13.1 Å². The van der Waals surface area contributed by atoms with E-state index in [2.05, 4.69) is 32.6 Å². The number of nitrogens with zero attached hydrogens (tertiary/aromatic N) is 1. The fraction of sp³-hybridized carbons (Fsp3) is 0.588. The molecule has 0 unspecified atom stereocenters. The number of amides is 1. The highest BCUT2D eigenvalue weighted by Crippen LogP contribution is 2.37. The van der Waals surface area contributed by atoms with Gasteiger partial charge in [-0.15, -0.1) is 0 Å². The van der Waals surface area contributed by atoms with Gasteiger partial charge in [-0.25, -0.2) is 4.79 Å². The summed E-state index contributed by atoms with van der Waals surface area (Å²) in [4.78, 5) is 13.7. The molecule has 1 amide bonds. The molecule has 1 fully saturated rings. The minimum absolute atomic E-state index is 0.0505. The third kappa shape index (κ3) is 4.26. The lowest BCUT2D eigenvalue weighted by atomic mass is 9.75. The predicted octanol–water partition coefficient (Wildman–Crippen LogP) is 4.32. The molecule has 20 heavy (non-hydrogen) atoms. The van der Waals surface area contributed by atoms with Crippen LogP contribution in [-0.2, 0) is 4.74 Å². The molecule has 0 aromatic carbocycles. The van der Waals surface area contributed by atoms with Crippen molar-refractivity contribution >= 4 is 6.09 Å². The van der Waals surface area contributed by atoms with E-state index in [-0.39, 0.29) is 11.5 Å². The maximum Gasteiger partial charge on any atom is 0.410 e. The first-order valence-corrected chi connectivity index (χ1v) is 7.03. The first-order valence-electron chi connectivity index (χ1n) is 7.03. The van der Waals surface area contributed by atoms with E-state index in [1.165, 1.54) is 5.57 Å². The van der Waals surface area contributed by atoms with Crippen molar-refractivity contribution in [3.05, 3.63) is 36.0 Å². The predicted molar refractivity (Wildman–Crippen MR) is 83.6 cm³/mol. The number of rotatable bonds is 3. The molecule has 1 rings (SSSR count). The highest BCUT2D eigenvalue weighted by atomic mass is 16.6. The van der Waals surface area contributed by atoms with E-state index in [0.717, 1.165) is 5.57 Å². The maximum atomic E-state index is 11.9. The van der Waals surface area contributed by atoms with Crippen LogP contribution in [0.15, 0.2) is 36.0 Å². The van der Waals surface area contributed by atoms with Crippen LogP contribution in [0.1, 0.15) is 41.5 Å². The molecule has 0 aliphatic carbocycles. The van der Waals surface area contributed by atoms with E-state index >= 15 is 0 Å². The van der Waals surface area contributed by atoms with Crippen molar-refractivity contribution in [1.29, 1.82) is 0 Å². The third-order valence-corrected chi connectivity index (χ3v) is 3.60. The van der Waals surface area contributed by atoms with Crippen molar-refractivity contribution in [2.75, 3.05) is 13.1 Å². The summed E-state index contributed by atoms with van der Waals surface area (Å²) in [5, 5.41) is 0. The maximum absolute atomic E-state index is 11.9. The van der Waals surface area contributed by atoms with E-state index in [9.17, 15) is 4.79 Å². The third-order valence-electron chi connectivity index (χ3n) is 3.60. The minimum Gasteiger partial charge on any atom is -0.444 e. The van der Waals surface area contributed by atoms with Gasteiger partial charge in [0, 0.05) is 18.5 Å². The quantitative estimate of drug-likeness (QED) is 0.719. The highest BCUT2D eigenvalue weighted by Gasteiger charge is 2.43. The molecule has 0 radical (unpaired) electrons. The normalized spacial score (nSPS) is 19.4. The van der Waals surface area contributed by atoms with Crippen molar-refractivity contribution in [2.24, 2.45) is 5.41 Å². The van der Waals surface area contributed by atoms with Gasteiger partial charge in [-0.1, -0.05) is 42.9 Å². The van der Waals surface area contributed by atoms with Gasteiger partial charge >= 0.3 is 6.09 Å². The van der Waals surface area contributed by atoms with Crippen LogP contribution >= 0.6 is 0 Å². The monoisotopic (exact) mass is 277 g/mol. The summed E-state index contributed by atoms with van der Waals surface area (Å²) in [7, 11) is 0. The highest BCUT2D eigenvalue weighted by molar-refractivity contribution is 5.69. The van der Waals surface area contributed by atoms with Gasteiger partial charge in [-0.3, -0.25) is 0 Å². The van der Waals surface area contributed by atoms with Crippen LogP contribution in [0.25, 0.3) is 0 Å². The molecule has 0 N–H and O–H groups in total. The minimum atomic E-state index is -0.433. The lowest BCUT2D eigenvalue weighted by Crippen LogP contribution is -2.58. The first-order chi connectivity index (χ1) is 9.07. The van der Waals surface area contributed by atoms with Crippen LogP contribution in [0, 0.1) is 5.41 Å². The average Bonchev–Trinajstić information content (AvgIpc) is 2.28. The molecular weight excluding hydrogens is 250 g/mol. The second-order valence-electron chi connectivity index (χ2n) is 6.86. The second-order valence-corrected chi connectivity index (χ2v) is 6.86. The van der Waals surface area contributed by atoms with Gasteiger partial charge in [-0.05, 0) is 34.6 Å². The van der Waals surface area contributed by atoms with Gasteiger partial charge in [-0.2, -0.15) is 0 Å². The zero-order valence-corrected chi connectivity index (χ0v) is 13.6. The van der Waals surface area contributed by atoms with Crippen molar-refractivity contribution in [2.45, 2.75) is 47.1 Å². The Balaban J connectivity index is 2.61. The molecule has 0 saturated carbocycles. The van der Waals surface area contributed by atoms with Gasteiger partial charge in [0.25, 0.3) is 0 Å². The average molecular weight is 277 g/mol. The van der Waals surface area contributed by atoms with Crippen molar-refractivity contribution in [3.63, 3.8) is 0 Å². The lowest BCUT2D eigenvalue weighted by molar-refractivity contribution is -0.0166. The Bertz CT molecular complexity index is 446. The number of carbonyl (C=O) groups excluding carboxylic acids is 1. The zero-order valence-electron chi connectivity index (χ0n) is 13.6. The Labute approximate surface area is 123 Å². The Hall–Kier alpha value is -1.51. The zero-order chi connectivity index (χ0) is 15.6. The van der Waals surface area contributed by atoms with Crippen LogP contribution in [-0.4, -0.2) is 29.7 Å². The molecule has 0 aromatic rings. The van der Waals surface area contributed by atoms with Crippen LogP contribution in [0.3, 0.4) is 0 Å². The summed E-state index contributed by atoms with van der Waals surface area (Å²) in [6, 6.07) is 0. The standard InChI is InChI=1S/C17H27NO2/c1-8-13(2)9-10-14(3)17(7)11-18(12-17)15(19)20-16(4,5)6/h8-10H,1,11-12H2,2-7H3. The molecule has 1 aliphatic heterocycles. The summed E-state index contributed by atoms with van der Waals surface area (Å²) in [6.07, 6.45) is 5.79. The molecule has 1 saturated heterocycles.